The highest BCUT2D eigenvalue weighted by molar-refractivity contribution is 9.10. The number of halogens is 1. The van der Waals surface area contributed by atoms with Crippen molar-refractivity contribution in [2.24, 2.45) is 7.05 Å². The van der Waals surface area contributed by atoms with Crippen LogP contribution in [0.5, 0.6) is 5.75 Å². The Morgan fingerprint density at radius 1 is 1.26 bits per heavy atom. The van der Waals surface area contributed by atoms with E-state index in [0.29, 0.717) is 23.6 Å². The maximum atomic E-state index is 13.1. The molecule has 9 heteroatoms. The third-order valence-electron chi connectivity index (χ3n) is 4.94. The largest absolute Gasteiger partial charge is 0.494 e. The van der Waals surface area contributed by atoms with Crippen molar-refractivity contribution in [1.29, 1.82) is 0 Å². The first kappa shape index (κ1) is 20.9. The van der Waals surface area contributed by atoms with E-state index in [1.54, 1.807) is 18.2 Å². The Labute approximate surface area is 186 Å². The molecule has 1 amide bonds. The minimum atomic E-state index is -0.669. The SMILES string of the molecule is CCCCOc1ccc2cc(C(=O)Nc3ccc(Br)cc3-c3noc(=O)[nH]3)n(C)c2c1. The number of fused-ring (bicyclic) bond motifs is 1. The number of nitrogens with zero attached hydrogens (tertiary/aromatic N) is 2. The van der Waals surface area contributed by atoms with Gasteiger partial charge in [0.25, 0.3) is 5.91 Å². The number of carbonyl (C=O) groups excluding carboxylic acids is 1. The number of nitrogens with one attached hydrogen (secondary N) is 2. The Balaban J connectivity index is 1.63. The quantitative estimate of drug-likeness (QED) is 0.369. The molecule has 0 atom stereocenters. The van der Waals surface area contributed by atoms with E-state index in [1.165, 1.54) is 0 Å². The van der Waals surface area contributed by atoms with Crippen molar-refractivity contribution in [1.82, 2.24) is 14.7 Å². The van der Waals surface area contributed by atoms with E-state index in [-0.39, 0.29) is 11.7 Å². The highest BCUT2D eigenvalue weighted by Gasteiger charge is 2.18. The van der Waals surface area contributed by atoms with Crippen LogP contribution in [0.15, 0.2) is 56.3 Å². The summed E-state index contributed by atoms with van der Waals surface area (Å²) in [7, 11) is 1.84. The molecule has 4 aromatic rings. The van der Waals surface area contributed by atoms with Gasteiger partial charge in [0.15, 0.2) is 5.82 Å². The first-order valence-corrected chi connectivity index (χ1v) is 10.6. The molecule has 0 unspecified atom stereocenters. The predicted octanol–water partition coefficient (Wildman–Crippen LogP) is 4.72. The molecule has 0 aliphatic carbocycles. The fourth-order valence-corrected chi connectivity index (χ4v) is 3.67. The molecule has 0 radical (unpaired) electrons. The molecule has 0 fully saturated rings. The van der Waals surface area contributed by atoms with Crippen LogP contribution in [0, 0.1) is 0 Å². The Kier molecular flexibility index (Phi) is 5.94. The molecule has 0 spiro atoms. The van der Waals surface area contributed by atoms with Gasteiger partial charge in [-0.25, -0.2) is 4.79 Å². The van der Waals surface area contributed by atoms with Crippen LogP contribution in [0.4, 0.5) is 5.69 Å². The van der Waals surface area contributed by atoms with E-state index in [4.69, 9.17) is 4.74 Å². The smallest absolute Gasteiger partial charge is 0.439 e. The lowest BCUT2D eigenvalue weighted by Crippen LogP contribution is -2.16. The summed E-state index contributed by atoms with van der Waals surface area (Å²) in [6.45, 7) is 2.78. The van der Waals surface area contributed by atoms with Gasteiger partial charge in [-0.15, -0.1) is 0 Å². The normalized spacial score (nSPS) is 11.1. The maximum absolute atomic E-state index is 13.1. The van der Waals surface area contributed by atoms with Gasteiger partial charge in [0.05, 0.1) is 17.8 Å². The summed E-state index contributed by atoms with van der Waals surface area (Å²) in [5.41, 5.74) is 2.41. The number of amides is 1. The van der Waals surface area contributed by atoms with Crippen molar-refractivity contribution in [3.05, 3.63) is 63.2 Å². The maximum Gasteiger partial charge on any atom is 0.439 e. The van der Waals surface area contributed by atoms with Crippen molar-refractivity contribution >= 4 is 38.4 Å². The van der Waals surface area contributed by atoms with E-state index in [1.807, 2.05) is 35.9 Å². The summed E-state index contributed by atoms with van der Waals surface area (Å²) in [6.07, 6.45) is 2.06. The zero-order valence-electron chi connectivity index (χ0n) is 17.1. The van der Waals surface area contributed by atoms with Crippen molar-refractivity contribution in [2.75, 3.05) is 11.9 Å². The lowest BCUT2D eigenvalue weighted by Gasteiger charge is -2.10. The van der Waals surface area contributed by atoms with Gasteiger partial charge in [-0.3, -0.25) is 14.3 Å². The first-order chi connectivity index (χ1) is 15.0. The summed E-state index contributed by atoms with van der Waals surface area (Å²) in [6, 6.07) is 12.9. The second-order valence-electron chi connectivity index (χ2n) is 7.10. The van der Waals surface area contributed by atoms with Gasteiger partial charge in [-0.1, -0.05) is 34.4 Å². The number of aromatic amines is 1. The van der Waals surface area contributed by atoms with Gasteiger partial charge in [0.2, 0.25) is 0 Å². The second-order valence-corrected chi connectivity index (χ2v) is 8.01. The predicted molar refractivity (Wildman–Crippen MR) is 122 cm³/mol. The molecule has 31 heavy (non-hydrogen) atoms. The molecule has 0 saturated carbocycles. The van der Waals surface area contributed by atoms with Gasteiger partial charge < -0.3 is 14.6 Å². The number of aromatic nitrogens is 3. The number of hydrogen-bond donors (Lipinski definition) is 2. The summed E-state index contributed by atoms with van der Waals surface area (Å²) in [5, 5.41) is 7.57. The van der Waals surface area contributed by atoms with Crippen molar-refractivity contribution in [2.45, 2.75) is 19.8 Å². The number of H-pyrrole nitrogens is 1. The molecule has 2 aromatic heterocycles. The number of ether oxygens (including phenoxy) is 1. The third-order valence-corrected chi connectivity index (χ3v) is 5.43. The van der Waals surface area contributed by atoms with Crippen LogP contribution >= 0.6 is 15.9 Å². The summed E-state index contributed by atoms with van der Waals surface area (Å²) in [5.74, 6) is 0.0475. The molecule has 0 bridgehead atoms. The standard InChI is InChI=1S/C22H21BrN4O4/c1-3-4-9-30-15-7-5-13-10-19(27(2)18(13)12-15)21(28)24-17-8-6-14(23)11-16(17)20-25-22(29)31-26-20/h5-8,10-12H,3-4,9H2,1-2H3,(H,24,28)(H,25,26,29). The highest BCUT2D eigenvalue weighted by Crippen LogP contribution is 2.30. The monoisotopic (exact) mass is 484 g/mol. The average molecular weight is 485 g/mol. The number of rotatable bonds is 7. The van der Waals surface area contributed by atoms with Crippen LogP contribution in [-0.2, 0) is 7.05 Å². The molecular formula is C22H21BrN4O4. The van der Waals surface area contributed by atoms with E-state index < -0.39 is 5.76 Å². The highest BCUT2D eigenvalue weighted by atomic mass is 79.9. The summed E-state index contributed by atoms with van der Waals surface area (Å²) in [4.78, 5) is 27.0. The summed E-state index contributed by atoms with van der Waals surface area (Å²) >= 11 is 3.40. The van der Waals surface area contributed by atoms with Gasteiger partial charge in [-0.05, 0) is 42.8 Å². The molecular weight excluding hydrogens is 464 g/mol. The number of anilines is 1. The van der Waals surface area contributed by atoms with Gasteiger partial charge >= 0.3 is 5.76 Å². The van der Waals surface area contributed by atoms with Gasteiger partial charge in [0.1, 0.15) is 11.4 Å². The second kappa shape index (κ2) is 8.81. The van der Waals surface area contributed by atoms with Crippen molar-refractivity contribution in [3.63, 3.8) is 0 Å². The summed E-state index contributed by atoms with van der Waals surface area (Å²) < 4.78 is 13.0. The van der Waals surface area contributed by atoms with Crippen LogP contribution in [0.25, 0.3) is 22.3 Å². The fraction of sp³-hybridized carbons (Fsp3) is 0.227. The molecule has 0 saturated heterocycles. The van der Waals surface area contributed by atoms with Crippen LogP contribution in [0.3, 0.4) is 0 Å². The molecule has 2 aromatic carbocycles. The third kappa shape index (κ3) is 4.41. The van der Waals surface area contributed by atoms with E-state index in [9.17, 15) is 9.59 Å². The number of aryl methyl sites for hydroxylation is 1. The lowest BCUT2D eigenvalue weighted by molar-refractivity contribution is 0.102. The zero-order chi connectivity index (χ0) is 22.0. The van der Waals surface area contributed by atoms with Crippen molar-refractivity contribution < 1.29 is 14.1 Å². The van der Waals surface area contributed by atoms with Crippen LogP contribution in [0.2, 0.25) is 0 Å². The van der Waals surface area contributed by atoms with E-state index in [0.717, 1.165) is 34.0 Å². The first-order valence-electron chi connectivity index (χ1n) is 9.86. The Morgan fingerprint density at radius 3 is 2.84 bits per heavy atom. The molecule has 2 heterocycles. The Bertz CT molecular complexity index is 1300. The molecule has 8 nitrogen and oxygen atoms in total. The van der Waals surface area contributed by atoms with Crippen LogP contribution in [0.1, 0.15) is 30.3 Å². The van der Waals surface area contributed by atoms with Gasteiger partial charge in [0, 0.05) is 28.5 Å². The molecule has 4 rings (SSSR count). The molecule has 160 valence electrons. The topological polar surface area (TPSA) is 102 Å². The molecule has 0 aliphatic heterocycles. The number of unbranched alkanes of at least 4 members (excludes halogenated alkanes) is 1. The molecule has 0 aliphatic rings. The van der Waals surface area contributed by atoms with Crippen LogP contribution in [-0.4, -0.2) is 27.2 Å². The zero-order valence-corrected chi connectivity index (χ0v) is 18.7. The minimum Gasteiger partial charge on any atom is -0.494 e. The Hall–Kier alpha value is -3.33. The average Bonchev–Trinajstić information content (AvgIpc) is 3.33. The Morgan fingerprint density at radius 2 is 2.10 bits per heavy atom. The number of hydrogen-bond acceptors (Lipinski definition) is 5. The van der Waals surface area contributed by atoms with Crippen LogP contribution < -0.4 is 15.8 Å². The number of carbonyl (C=O) groups is 1. The van der Waals surface area contributed by atoms with E-state index >= 15 is 0 Å². The molecule has 2 N–H and O–H groups in total. The van der Waals surface area contributed by atoms with Crippen molar-refractivity contribution in [3.8, 4) is 17.1 Å². The minimum absolute atomic E-state index is 0.229. The van der Waals surface area contributed by atoms with E-state index in [2.05, 4.69) is 42.8 Å². The lowest BCUT2D eigenvalue weighted by atomic mass is 10.1. The fourth-order valence-electron chi connectivity index (χ4n) is 3.31. The van der Waals surface area contributed by atoms with Gasteiger partial charge in [-0.2, -0.15) is 0 Å². The number of benzene rings is 2.